The zero-order chi connectivity index (χ0) is 32.2. The van der Waals surface area contributed by atoms with E-state index < -0.39 is 0 Å². The van der Waals surface area contributed by atoms with Crippen molar-refractivity contribution in [3.63, 3.8) is 0 Å². The van der Waals surface area contributed by atoms with E-state index >= 15 is 0 Å². The maximum absolute atomic E-state index is 13.3. The Labute approximate surface area is 277 Å². The second-order valence-corrected chi connectivity index (χ2v) is 13.3. The minimum absolute atomic E-state index is 0.149. The molecular weight excluding hydrogens is 625 g/mol. The summed E-state index contributed by atoms with van der Waals surface area (Å²) in [6.07, 6.45) is 2.52. The highest BCUT2D eigenvalue weighted by Gasteiger charge is 2.52. The normalized spacial score (nSPS) is 16.8. The number of rotatable bonds is 7. The van der Waals surface area contributed by atoms with Crippen LogP contribution in [0, 0.1) is 5.41 Å². The summed E-state index contributed by atoms with van der Waals surface area (Å²) in [6, 6.07) is 13.3. The molecule has 10 nitrogen and oxygen atoms in total. The van der Waals surface area contributed by atoms with Gasteiger partial charge >= 0.3 is 0 Å². The molecule has 2 saturated heterocycles. The Morgan fingerprint density at radius 1 is 1.07 bits per heavy atom. The van der Waals surface area contributed by atoms with Gasteiger partial charge in [0, 0.05) is 106 Å². The largest absolute Gasteiger partial charge is 0.496 e. The van der Waals surface area contributed by atoms with Crippen LogP contribution in [0.1, 0.15) is 34.5 Å². The van der Waals surface area contributed by atoms with Crippen molar-refractivity contribution in [3.05, 3.63) is 81.5 Å². The van der Waals surface area contributed by atoms with Gasteiger partial charge in [-0.25, -0.2) is 4.98 Å². The third kappa shape index (κ3) is 5.43. The molecular formula is C34H35Cl2N7O3. The van der Waals surface area contributed by atoms with Gasteiger partial charge in [0.1, 0.15) is 5.75 Å². The topological polar surface area (TPSA) is 105 Å². The first-order valence-corrected chi connectivity index (χ1v) is 16.1. The lowest BCUT2D eigenvalue weighted by Gasteiger charge is -2.60. The van der Waals surface area contributed by atoms with E-state index in [2.05, 4.69) is 31.6 Å². The molecule has 2 N–H and O–H groups in total. The standard InChI is InChI=1S/C34H35Cl2N7O3/c1-20(44)43-18-34(19-43)16-42(17-34)15-22-8-7-21(13-28(22)46-3)31-30(36)24(9-12-38-31)23-5-4-6-25(29(23)35)40-33(45)32-39-26-14-37-11-10-27(26)41(32)2/h4-9,12-13,37H,10-11,14-19H2,1-3H3,(H,40,45). The van der Waals surface area contributed by atoms with E-state index in [0.717, 1.165) is 74.0 Å². The minimum atomic E-state index is -0.330. The summed E-state index contributed by atoms with van der Waals surface area (Å²) in [5.41, 5.74) is 6.53. The second kappa shape index (κ2) is 12.0. The number of anilines is 1. The number of benzene rings is 2. The maximum Gasteiger partial charge on any atom is 0.291 e. The molecule has 5 heterocycles. The molecule has 3 aliphatic rings. The van der Waals surface area contributed by atoms with Crippen LogP contribution in [-0.4, -0.2) is 76.0 Å². The van der Waals surface area contributed by atoms with Gasteiger partial charge in [0.05, 0.1) is 34.2 Å². The number of ether oxygens (including phenoxy) is 1. The predicted octanol–water partition coefficient (Wildman–Crippen LogP) is 5.03. The van der Waals surface area contributed by atoms with Crippen molar-refractivity contribution in [1.82, 2.24) is 29.7 Å². The van der Waals surface area contributed by atoms with Gasteiger partial charge < -0.3 is 24.8 Å². The number of imidazole rings is 1. The maximum atomic E-state index is 13.3. The van der Waals surface area contributed by atoms with Crippen LogP contribution in [0.3, 0.4) is 0 Å². The molecule has 0 saturated carbocycles. The van der Waals surface area contributed by atoms with Crippen molar-refractivity contribution in [2.75, 3.05) is 45.2 Å². The van der Waals surface area contributed by atoms with Crippen molar-refractivity contribution in [2.45, 2.75) is 26.4 Å². The van der Waals surface area contributed by atoms with Gasteiger partial charge in [-0.2, -0.15) is 0 Å². The molecule has 2 amide bonds. The Bertz CT molecular complexity index is 1860. The first-order chi connectivity index (χ1) is 22.2. The lowest BCUT2D eigenvalue weighted by atomic mass is 9.72. The number of hydrogen-bond donors (Lipinski definition) is 2. The first kappa shape index (κ1) is 30.7. The fourth-order valence-corrected chi connectivity index (χ4v) is 7.59. The first-order valence-electron chi connectivity index (χ1n) is 15.3. The van der Waals surface area contributed by atoms with Crippen LogP contribution < -0.4 is 15.4 Å². The van der Waals surface area contributed by atoms with Gasteiger partial charge in [0.2, 0.25) is 5.91 Å². The van der Waals surface area contributed by atoms with Crippen LogP contribution in [0.2, 0.25) is 10.0 Å². The van der Waals surface area contributed by atoms with Crippen molar-refractivity contribution in [1.29, 1.82) is 0 Å². The van der Waals surface area contributed by atoms with Gasteiger partial charge in [0.25, 0.3) is 5.91 Å². The van der Waals surface area contributed by atoms with Gasteiger partial charge in [-0.3, -0.25) is 19.5 Å². The zero-order valence-corrected chi connectivity index (χ0v) is 27.5. The van der Waals surface area contributed by atoms with Crippen molar-refractivity contribution in [2.24, 2.45) is 12.5 Å². The molecule has 238 valence electrons. The summed E-state index contributed by atoms with van der Waals surface area (Å²) in [5, 5.41) is 7.05. The zero-order valence-electron chi connectivity index (χ0n) is 26.0. The van der Waals surface area contributed by atoms with Crippen LogP contribution in [0.4, 0.5) is 5.69 Å². The number of carbonyl (C=O) groups excluding carboxylic acids is 2. The number of methoxy groups -OCH3 is 1. The Morgan fingerprint density at radius 3 is 2.59 bits per heavy atom. The molecule has 0 unspecified atom stereocenters. The van der Waals surface area contributed by atoms with Gasteiger partial charge in [-0.05, 0) is 18.2 Å². The van der Waals surface area contributed by atoms with Gasteiger partial charge in [-0.1, -0.05) is 47.5 Å². The number of amides is 2. The molecule has 1 spiro atoms. The lowest BCUT2D eigenvalue weighted by Crippen LogP contribution is -2.72. The van der Waals surface area contributed by atoms with E-state index in [4.69, 9.17) is 27.9 Å². The molecule has 7 rings (SSSR count). The number of nitrogens with one attached hydrogen (secondary N) is 2. The van der Waals surface area contributed by atoms with E-state index in [1.165, 1.54) is 0 Å². The van der Waals surface area contributed by atoms with Crippen molar-refractivity contribution >= 4 is 40.7 Å². The summed E-state index contributed by atoms with van der Waals surface area (Å²) in [7, 11) is 3.53. The molecule has 3 aliphatic heterocycles. The Balaban J connectivity index is 1.10. The summed E-state index contributed by atoms with van der Waals surface area (Å²) in [6.45, 7) is 7.53. The molecule has 0 atom stereocenters. The van der Waals surface area contributed by atoms with Gasteiger partial charge in [0.15, 0.2) is 5.82 Å². The third-order valence-electron chi connectivity index (χ3n) is 9.33. The Hall–Kier alpha value is -3.96. The summed E-state index contributed by atoms with van der Waals surface area (Å²) >= 11 is 13.9. The van der Waals surface area contributed by atoms with Crippen LogP contribution in [0.15, 0.2) is 48.7 Å². The van der Waals surface area contributed by atoms with Gasteiger partial charge in [-0.15, -0.1) is 0 Å². The third-order valence-corrected chi connectivity index (χ3v) is 10.1. The summed E-state index contributed by atoms with van der Waals surface area (Å²) in [5.74, 6) is 0.919. The van der Waals surface area contributed by atoms with Crippen molar-refractivity contribution < 1.29 is 14.3 Å². The summed E-state index contributed by atoms with van der Waals surface area (Å²) in [4.78, 5) is 38.4. The number of halogens is 2. The summed E-state index contributed by atoms with van der Waals surface area (Å²) < 4.78 is 7.65. The highest BCUT2D eigenvalue weighted by atomic mass is 35.5. The van der Waals surface area contributed by atoms with Crippen LogP contribution in [-0.2, 0) is 31.4 Å². The van der Waals surface area contributed by atoms with E-state index in [1.54, 1.807) is 26.3 Å². The number of likely N-dealkylation sites (tertiary alicyclic amines) is 2. The molecule has 0 bridgehead atoms. The Kier molecular flexibility index (Phi) is 8.01. The van der Waals surface area contributed by atoms with E-state index in [1.807, 2.05) is 46.8 Å². The molecule has 12 heteroatoms. The van der Waals surface area contributed by atoms with Crippen molar-refractivity contribution in [3.8, 4) is 28.1 Å². The molecule has 2 fully saturated rings. The number of nitrogens with zero attached hydrogens (tertiary/aromatic N) is 5. The number of aromatic nitrogens is 3. The molecule has 2 aromatic carbocycles. The molecule has 4 aromatic rings. The predicted molar refractivity (Wildman–Crippen MR) is 178 cm³/mol. The number of hydrogen-bond acceptors (Lipinski definition) is 7. The fraction of sp³-hybridized carbons (Fsp3) is 0.353. The smallest absolute Gasteiger partial charge is 0.291 e. The lowest BCUT2D eigenvalue weighted by molar-refractivity contribution is -0.157. The molecule has 2 aromatic heterocycles. The van der Waals surface area contributed by atoms with Crippen LogP contribution in [0.5, 0.6) is 5.75 Å². The number of carbonyl (C=O) groups is 2. The highest BCUT2D eigenvalue weighted by molar-refractivity contribution is 6.39. The molecule has 46 heavy (non-hydrogen) atoms. The fourth-order valence-electron chi connectivity index (χ4n) is 6.99. The van der Waals surface area contributed by atoms with E-state index in [9.17, 15) is 9.59 Å². The monoisotopic (exact) mass is 659 g/mol. The van der Waals surface area contributed by atoms with Crippen LogP contribution in [0.25, 0.3) is 22.4 Å². The Morgan fingerprint density at radius 2 is 1.85 bits per heavy atom. The average Bonchev–Trinajstić information content (AvgIpc) is 3.35. The van der Waals surface area contributed by atoms with E-state index in [0.29, 0.717) is 44.9 Å². The number of fused-ring (bicyclic) bond motifs is 1. The highest BCUT2D eigenvalue weighted by Crippen LogP contribution is 2.43. The molecule has 0 aliphatic carbocycles. The SMILES string of the molecule is COc1cc(-c2nccc(-c3cccc(NC(=O)c4nc5c(n4C)CCNC5)c3Cl)c2Cl)ccc1CN1CC2(C1)CN(C(C)=O)C2. The van der Waals surface area contributed by atoms with Crippen LogP contribution >= 0.6 is 23.2 Å². The quantitative estimate of drug-likeness (QED) is 0.287. The average molecular weight is 661 g/mol. The molecule has 0 radical (unpaired) electrons. The number of pyridine rings is 1. The minimum Gasteiger partial charge on any atom is -0.496 e. The van der Waals surface area contributed by atoms with E-state index in [-0.39, 0.29) is 17.2 Å². The second-order valence-electron chi connectivity index (χ2n) is 12.5.